The van der Waals surface area contributed by atoms with Crippen molar-refractivity contribution in [2.45, 2.75) is 19.6 Å². The molecule has 0 fully saturated rings. The number of hydrogen-bond acceptors (Lipinski definition) is 2. The number of aryl methyl sites for hydroxylation is 1. The minimum atomic E-state index is -0.484. The first-order valence-corrected chi connectivity index (χ1v) is 11.0. The molecule has 4 aromatic rings. The van der Waals surface area contributed by atoms with E-state index in [1.165, 1.54) is 34.5 Å². The van der Waals surface area contributed by atoms with Crippen molar-refractivity contribution in [1.82, 2.24) is 4.57 Å². The molecule has 0 aliphatic heterocycles. The fourth-order valence-corrected chi connectivity index (χ4v) is 4.50. The number of halogens is 2. The van der Waals surface area contributed by atoms with Gasteiger partial charge in [0.2, 0.25) is 0 Å². The SMILES string of the molecule is Cc1ccccc1NC[C@H](O)Cn1c2ccc(I)cc2c2cc(I)ccc21. The van der Waals surface area contributed by atoms with Gasteiger partial charge in [-0.05, 0) is 100 Å². The Hall–Kier alpha value is -1.32. The van der Waals surface area contributed by atoms with Crippen LogP contribution in [-0.2, 0) is 6.54 Å². The summed E-state index contributed by atoms with van der Waals surface area (Å²) >= 11 is 4.71. The highest BCUT2D eigenvalue weighted by Crippen LogP contribution is 2.31. The minimum Gasteiger partial charge on any atom is -0.389 e. The van der Waals surface area contributed by atoms with Gasteiger partial charge in [0.05, 0.1) is 12.6 Å². The number of rotatable bonds is 5. The van der Waals surface area contributed by atoms with Gasteiger partial charge in [-0.3, -0.25) is 0 Å². The smallest absolute Gasteiger partial charge is 0.0891 e. The van der Waals surface area contributed by atoms with Crippen LogP contribution < -0.4 is 5.32 Å². The largest absolute Gasteiger partial charge is 0.389 e. The first-order valence-electron chi connectivity index (χ1n) is 8.87. The van der Waals surface area contributed by atoms with Crippen molar-refractivity contribution in [2.75, 3.05) is 11.9 Å². The second kappa shape index (κ2) is 7.97. The highest BCUT2D eigenvalue weighted by atomic mass is 127. The van der Waals surface area contributed by atoms with Gasteiger partial charge in [0.1, 0.15) is 0 Å². The van der Waals surface area contributed by atoms with Gasteiger partial charge < -0.3 is 15.0 Å². The summed E-state index contributed by atoms with van der Waals surface area (Å²) in [4.78, 5) is 0. The lowest BCUT2D eigenvalue weighted by Gasteiger charge is -2.16. The summed E-state index contributed by atoms with van der Waals surface area (Å²) in [5, 5.41) is 16.6. The highest BCUT2D eigenvalue weighted by Gasteiger charge is 2.14. The molecule has 1 heterocycles. The fourth-order valence-electron chi connectivity index (χ4n) is 3.52. The molecule has 4 rings (SSSR count). The average molecular weight is 582 g/mol. The van der Waals surface area contributed by atoms with Crippen LogP contribution in [0.25, 0.3) is 21.8 Å². The molecule has 0 spiro atoms. The summed E-state index contributed by atoms with van der Waals surface area (Å²) in [6, 6.07) is 21.2. The van der Waals surface area contributed by atoms with Crippen molar-refractivity contribution in [3.8, 4) is 0 Å². The van der Waals surface area contributed by atoms with Crippen molar-refractivity contribution >= 4 is 72.7 Å². The number of para-hydroxylation sites is 1. The van der Waals surface area contributed by atoms with Crippen LogP contribution in [0.1, 0.15) is 5.56 Å². The third-order valence-electron chi connectivity index (χ3n) is 4.86. The number of benzene rings is 3. The monoisotopic (exact) mass is 582 g/mol. The van der Waals surface area contributed by atoms with Crippen LogP contribution in [0.4, 0.5) is 5.69 Å². The molecule has 0 aliphatic rings. The van der Waals surface area contributed by atoms with Gasteiger partial charge in [-0.2, -0.15) is 0 Å². The zero-order valence-electron chi connectivity index (χ0n) is 14.9. The molecular weight excluding hydrogens is 562 g/mol. The van der Waals surface area contributed by atoms with Crippen LogP contribution in [0, 0.1) is 14.1 Å². The van der Waals surface area contributed by atoms with E-state index in [0.29, 0.717) is 13.1 Å². The van der Waals surface area contributed by atoms with E-state index in [2.05, 4.69) is 104 Å². The predicted molar refractivity (Wildman–Crippen MR) is 131 cm³/mol. The van der Waals surface area contributed by atoms with E-state index >= 15 is 0 Å². The maximum atomic E-state index is 10.7. The van der Waals surface area contributed by atoms with Gasteiger partial charge in [0.25, 0.3) is 0 Å². The summed E-state index contributed by atoms with van der Waals surface area (Å²) in [6.45, 7) is 3.14. The van der Waals surface area contributed by atoms with Crippen molar-refractivity contribution in [2.24, 2.45) is 0 Å². The topological polar surface area (TPSA) is 37.2 Å². The third-order valence-corrected chi connectivity index (χ3v) is 6.20. The lowest BCUT2D eigenvalue weighted by Crippen LogP contribution is -2.25. The van der Waals surface area contributed by atoms with Crippen LogP contribution in [0.2, 0.25) is 0 Å². The molecule has 27 heavy (non-hydrogen) atoms. The van der Waals surface area contributed by atoms with Crippen LogP contribution >= 0.6 is 45.2 Å². The predicted octanol–water partition coefficient (Wildman–Crippen LogP) is 5.79. The normalized spacial score (nSPS) is 12.6. The van der Waals surface area contributed by atoms with Gasteiger partial charge in [-0.25, -0.2) is 0 Å². The van der Waals surface area contributed by atoms with Crippen molar-refractivity contribution in [3.63, 3.8) is 0 Å². The quantitative estimate of drug-likeness (QED) is 0.293. The molecule has 5 heteroatoms. The zero-order chi connectivity index (χ0) is 19.0. The molecule has 0 amide bonds. The first kappa shape index (κ1) is 19.0. The minimum absolute atomic E-state index is 0.484. The molecule has 0 unspecified atom stereocenters. The number of nitrogens with one attached hydrogen (secondary N) is 1. The molecule has 0 saturated carbocycles. The van der Waals surface area contributed by atoms with E-state index < -0.39 is 6.10 Å². The first-order chi connectivity index (χ1) is 13.0. The molecule has 138 valence electrons. The Balaban J connectivity index is 1.65. The van der Waals surface area contributed by atoms with Crippen LogP contribution in [-0.4, -0.2) is 22.3 Å². The van der Waals surface area contributed by atoms with Gasteiger partial charge in [0.15, 0.2) is 0 Å². The summed E-state index contributed by atoms with van der Waals surface area (Å²) in [6.07, 6.45) is -0.484. The van der Waals surface area contributed by atoms with Gasteiger partial charge in [0, 0.05) is 41.2 Å². The molecule has 0 aliphatic carbocycles. The second-order valence-electron chi connectivity index (χ2n) is 6.78. The van der Waals surface area contributed by atoms with E-state index in [1.54, 1.807) is 0 Å². The van der Waals surface area contributed by atoms with Gasteiger partial charge in [-0.15, -0.1) is 0 Å². The Bertz CT molecular complexity index is 1060. The van der Waals surface area contributed by atoms with Crippen molar-refractivity contribution < 1.29 is 5.11 Å². The van der Waals surface area contributed by atoms with Crippen molar-refractivity contribution in [1.29, 1.82) is 0 Å². The lowest BCUT2D eigenvalue weighted by atomic mass is 10.2. The Morgan fingerprint density at radius 2 is 1.52 bits per heavy atom. The molecule has 3 nitrogen and oxygen atoms in total. The van der Waals surface area contributed by atoms with Crippen LogP contribution in [0.15, 0.2) is 60.7 Å². The van der Waals surface area contributed by atoms with E-state index in [-0.39, 0.29) is 0 Å². The zero-order valence-corrected chi connectivity index (χ0v) is 19.2. The number of fused-ring (bicyclic) bond motifs is 3. The molecule has 0 bridgehead atoms. The summed E-state index contributed by atoms with van der Waals surface area (Å²) in [7, 11) is 0. The molecular formula is C22H20I2N2O. The van der Waals surface area contributed by atoms with E-state index in [9.17, 15) is 5.11 Å². The number of aliphatic hydroxyl groups is 1. The second-order valence-corrected chi connectivity index (χ2v) is 9.27. The molecule has 0 radical (unpaired) electrons. The molecule has 1 aromatic heterocycles. The van der Waals surface area contributed by atoms with Gasteiger partial charge >= 0.3 is 0 Å². The summed E-state index contributed by atoms with van der Waals surface area (Å²) in [5.74, 6) is 0. The van der Waals surface area contributed by atoms with E-state index in [1.807, 2.05) is 18.2 Å². The number of aliphatic hydroxyl groups excluding tert-OH is 1. The molecule has 0 saturated heterocycles. The van der Waals surface area contributed by atoms with E-state index in [0.717, 1.165) is 5.69 Å². The Morgan fingerprint density at radius 1 is 0.926 bits per heavy atom. The molecule has 1 atom stereocenters. The average Bonchev–Trinajstić information content (AvgIpc) is 2.93. The lowest BCUT2D eigenvalue weighted by molar-refractivity contribution is 0.169. The molecule has 2 N–H and O–H groups in total. The van der Waals surface area contributed by atoms with E-state index in [4.69, 9.17) is 0 Å². The number of anilines is 1. The summed E-state index contributed by atoms with van der Waals surface area (Å²) in [5.41, 5.74) is 4.60. The van der Waals surface area contributed by atoms with Gasteiger partial charge in [-0.1, -0.05) is 18.2 Å². The maximum Gasteiger partial charge on any atom is 0.0891 e. The Labute approximate surface area is 186 Å². The maximum absolute atomic E-state index is 10.7. The Morgan fingerprint density at radius 3 is 2.11 bits per heavy atom. The Kier molecular flexibility index (Phi) is 5.61. The standard InChI is InChI=1S/C22H20I2N2O/c1-14-4-2-3-5-20(14)25-12-17(27)13-26-21-8-6-15(23)10-18(21)19-11-16(24)7-9-22(19)26/h2-11,17,25,27H,12-13H2,1H3/t17-/m0/s1. The fraction of sp³-hybridized carbons (Fsp3) is 0.182. The van der Waals surface area contributed by atoms with Crippen LogP contribution in [0.5, 0.6) is 0 Å². The summed E-state index contributed by atoms with van der Waals surface area (Å²) < 4.78 is 4.68. The number of aromatic nitrogens is 1. The van der Waals surface area contributed by atoms with Crippen molar-refractivity contribution in [3.05, 3.63) is 73.4 Å². The number of nitrogens with zero attached hydrogens (tertiary/aromatic N) is 1. The highest BCUT2D eigenvalue weighted by molar-refractivity contribution is 14.1. The number of hydrogen-bond donors (Lipinski definition) is 2. The van der Waals surface area contributed by atoms with Crippen LogP contribution in [0.3, 0.4) is 0 Å². The third kappa shape index (κ3) is 3.95. The molecule has 3 aromatic carbocycles.